The van der Waals surface area contributed by atoms with Crippen molar-refractivity contribution in [1.29, 1.82) is 0 Å². The minimum absolute atomic E-state index is 0.812. The summed E-state index contributed by atoms with van der Waals surface area (Å²) < 4.78 is 0. The standard InChI is InChI=1S/C13H25N3/c1-2-7-15(6-1)8-9-16-10-12-4-3-5-14-13(12)11-16/h12-14H,1-11H2. The Morgan fingerprint density at radius 3 is 2.56 bits per heavy atom. The molecule has 16 heavy (non-hydrogen) atoms. The van der Waals surface area contributed by atoms with Gasteiger partial charge in [-0.1, -0.05) is 0 Å². The lowest BCUT2D eigenvalue weighted by molar-refractivity contribution is 0.251. The highest BCUT2D eigenvalue weighted by atomic mass is 15.2. The molecule has 3 rings (SSSR count). The predicted octanol–water partition coefficient (Wildman–Crippen LogP) is 0.766. The van der Waals surface area contributed by atoms with Gasteiger partial charge < -0.3 is 15.1 Å². The van der Waals surface area contributed by atoms with Crippen molar-refractivity contribution in [1.82, 2.24) is 15.1 Å². The Kier molecular flexibility index (Phi) is 3.46. The molecule has 0 amide bonds. The molecule has 0 radical (unpaired) electrons. The number of fused-ring (bicyclic) bond motifs is 1. The van der Waals surface area contributed by atoms with E-state index in [9.17, 15) is 0 Å². The van der Waals surface area contributed by atoms with Crippen molar-refractivity contribution < 1.29 is 0 Å². The minimum Gasteiger partial charge on any atom is -0.312 e. The van der Waals surface area contributed by atoms with Crippen LogP contribution < -0.4 is 5.32 Å². The Bertz CT molecular complexity index is 211. The summed E-state index contributed by atoms with van der Waals surface area (Å²) in [5.41, 5.74) is 0. The van der Waals surface area contributed by atoms with Crippen LogP contribution in [-0.2, 0) is 0 Å². The largest absolute Gasteiger partial charge is 0.312 e. The van der Waals surface area contributed by atoms with Gasteiger partial charge in [0, 0.05) is 32.2 Å². The molecule has 0 aromatic rings. The van der Waals surface area contributed by atoms with E-state index >= 15 is 0 Å². The first-order valence-electron chi connectivity index (χ1n) is 7.10. The van der Waals surface area contributed by atoms with Crippen LogP contribution in [0.5, 0.6) is 0 Å². The molecule has 0 spiro atoms. The number of rotatable bonds is 3. The maximum absolute atomic E-state index is 3.68. The van der Waals surface area contributed by atoms with Gasteiger partial charge >= 0.3 is 0 Å². The van der Waals surface area contributed by atoms with Crippen LogP contribution in [-0.4, -0.2) is 61.7 Å². The van der Waals surface area contributed by atoms with E-state index in [0.29, 0.717) is 0 Å². The van der Waals surface area contributed by atoms with Crippen molar-refractivity contribution >= 4 is 0 Å². The third kappa shape index (κ3) is 2.41. The molecule has 1 N–H and O–H groups in total. The van der Waals surface area contributed by atoms with Crippen molar-refractivity contribution in [3.05, 3.63) is 0 Å². The molecule has 0 bridgehead atoms. The second-order valence-electron chi connectivity index (χ2n) is 5.77. The quantitative estimate of drug-likeness (QED) is 0.762. The fourth-order valence-corrected chi connectivity index (χ4v) is 3.61. The average Bonchev–Trinajstić information content (AvgIpc) is 2.95. The highest BCUT2D eigenvalue weighted by Crippen LogP contribution is 2.24. The molecule has 2 atom stereocenters. The summed E-state index contributed by atoms with van der Waals surface area (Å²) in [6.07, 6.45) is 5.69. The van der Waals surface area contributed by atoms with Crippen molar-refractivity contribution in [3.8, 4) is 0 Å². The molecule has 3 fully saturated rings. The van der Waals surface area contributed by atoms with Gasteiger partial charge in [-0.2, -0.15) is 0 Å². The molecule has 2 unspecified atom stereocenters. The monoisotopic (exact) mass is 223 g/mol. The Labute approximate surface area is 99.2 Å². The number of piperidine rings is 1. The zero-order chi connectivity index (χ0) is 10.8. The summed E-state index contributed by atoms with van der Waals surface area (Å²) in [6, 6.07) is 0.812. The Balaban J connectivity index is 1.42. The van der Waals surface area contributed by atoms with Gasteiger partial charge in [-0.05, 0) is 51.2 Å². The maximum atomic E-state index is 3.68. The van der Waals surface area contributed by atoms with Crippen LogP contribution >= 0.6 is 0 Å². The Morgan fingerprint density at radius 1 is 0.938 bits per heavy atom. The fourth-order valence-electron chi connectivity index (χ4n) is 3.61. The number of hydrogen-bond acceptors (Lipinski definition) is 3. The summed E-state index contributed by atoms with van der Waals surface area (Å²) in [6.45, 7) is 9.21. The first kappa shape index (κ1) is 11.0. The predicted molar refractivity (Wildman–Crippen MR) is 66.6 cm³/mol. The van der Waals surface area contributed by atoms with Gasteiger partial charge in [0.1, 0.15) is 0 Å². The summed E-state index contributed by atoms with van der Waals surface area (Å²) in [4.78, 5) is 5.32. The highest BCUT2D eigenvalue weighted by molar-refractivity contribution is 4.91. The molecule has 0 aromatic heterocycles. The van der Waals surface area contributed by atoms with Crippen LogP contribution in [0.3, 0.4) is 0 Å². The fraction of sp³-hybridized carbons (Fsp3) is 1.00. The van der Waals surface area contributed by atoms with Gasteiger partial charge in [0.2, 0.25) is 0 Å². The van der Waals surface area contributed by atoms with Crippen LogP contribution in [0, 0.1) is 5.92 Å². The first-order chi connectivity index (χ1) is 7.92. The Morgan fingerprint density at radius 2 is 1.75 bits per heavy atom. The summed E-state index contributed by atoms with van der Waals surface area (Å²) in [5.74, 6) is 0.951. The summed E-state index contributed by atoms with van der Waals surface area (Å²) >= 11 is 0. The van der Waals surface area contributed by atoms with Crippen molar-refractivity contribution in [2.45, 2.75) is 31.7 Å². The second kappa shape index (κ2) is 5.03. The molecule has 3 heteroatoms. The maximum Gasteiger partial charge on any atom is 0.0235 e. The number of nitrogens with zero attached hydrogens (tertiary/aromatic N) is 2. The van der Waals surface area contributed by atoms with Crippen LogP contribution in [0.4, 0.5) is 0 Å². The first-order valence-corrected chi connectivity index (χ1v) is 7.10. The molecule has 92 valence electrons. The molecule has 0 saturated carbocycles. The molecular formula is C13H25N3. The summed E-state index contributed by atoms with van der Waals surface area (Å²) in [5, 5.41) is 3.68. The van der Waals surface area contributed by atoms with E-state index in [-0.39, 0.29) is 0 Å². The van der Waals surface area contributed by atoms with E-state index in [1.807, 2.05) is 0 Å². The van der Waals surface area contributed by atoms with E-state index in [1.165, 1.54) is 71.5 Å². The van der Waals surface area contributed by atoms with Gasteiger partial charge in [-0.25, -0.2) is 0 Å². The van der Waals surface area contributed by atoms with Crippen molar-refractivity contribution in [3.63, 3.8) is 0 Å². The molecule has 0 aromatic carbocycles. The van der Waals surface area contributed by atoms with Gasteiger partial charge in [0.15, 0.2) is 0 Å². The van der Waals surface area contributed by atoms with Gasteiger partial charge in [0.25, 0.3) is 0 Å². The lowest BCUT2D eigenvalue weighted by Gasteiger charge is -2.24. The molecular weight excluding hydrogens is 198 g/mol. The zero-order valence-corrected chi connectivity index (χ0v) is 10.3. The van der Waals surface area contributed by atoms with Crippen LogP contribution in [0.25, 0.3) is 0 Å². The minimum atomic E-state index is 0.812. The molecule has 3 saturated heterocycles. The Hall–Kier alpha value is -0.120. The van der Waals surface area contributed by atoms with E-state index in [0.717, 1.165) is 12.0 Å². The smallest absolute Gasteiger partial charge is 0.0235 e. The van der Waals surface area contributed by atoms with E-state index in [2.05, 4.69) is 15.1 Å². The molecule has 3 aliphatic rings. The normalized spacial score (nSPS) is 36.8. The third-order valence-corrected chi connectivity index (χ3v) is 4.61. The van der Waals surface area contributed by atoms with E-state index < -0.39 is 0 Å². The summed E-state index contributed by atoms with van der Waals surface area (Å²) in [7, 11) is 0. The van der Waals surface area contributed by atoms with E-state index in [4.69, 9.17) is 0 Å². The van der Waals surface area contributed by atoms with Crippen molar-refractivity contribution in [2.75, 3.05) is 45.8 Å². The van der Waals surface area contributed by atoms with E-state index in [1.54, 1.807) is 0 Å². The van der Waals surface area contributed by atoms with Crippen LogP contribution in [0.1, 0.15) is 25.7 Å². The van der Waals surface area contributed by atoms with Gasteiger partial charge in [-0.15, -0.1) is 0 Å². The SMILES string of the molecule is C1CNC2CN(CCN3CCCC3)CC2C1. The number of hydrogen-bond donors (Lipinski definition) is 1. The highest BCUT2D eigenvalue weighted by Gasteiger charge is 2.33. The third-order valence-electron chi connectivity index (χ3n) is 4.61. The van der Waals surface area contributed by atoms with Crippen LogP contribution in [0.2, 0.25) is 0 Å². The zero-order valence-electron chi connectivity index (χ0n) is 10.3. The van der Waals surface area contributed by atoms with Gasteiger partial charge in [-0.3, -0.25) is 0 Å². The number of likely N-dealkylation sites (tertiary alicyclic amines) is 2. The van der Waals surface area contributed by atoms with Crippen molar-refractivity contribution in [2.24, 2.45) is 5.92 Å². The lowest BCUT2D eigenvalue weighted by Crippen LogP contribution is -2.41. The second-order valence-corrected chi connectivity index (χ2v) is 5.77. The number of nitrogens with one attached hydrogen (secondary N) is 1. The molecule has 0 aliphatic carbocycles. The molecule has 3 nitrogen and oxygen atoms in total. The van der Waals surface area contributed by atoms with Crippen LogP contribution in [0.15, 0.2) is 0 Å². The average molecular weight is 223 g/mol. The topological polar surface area (TPSA) is 18.5 Å². The molecule has 3 aliphatic heterocycles. The molecule has 3 heterocycles. The van der Waals surface area contributed by atoms with Gasteiger partial charge in [0.05, 0.1) is 0 Å². The lowest BCUT2D eigenvalue weighted by atomic mass is 9.94.